The fourth-order valence-electron chi connectivity index (χ4n) is 0.887. The average molecular weight is 256 g/mol. The normalized spacial score (nSPS) is 10.8. The lowest BCUT2D eigenvalue weighted by Gasteiger charge is -2.05. The Morgan fingerprint density at radius 2 is 2.29 bits per heavy atom. The number of aromatic hydroxyl groups is 1. The van der Waals surface area contributed by atoms with Gasteiger partial charge in [0.2, 0.25) is 5.71 Å². The van der Waals surface area contributed by atoms with E-state index in [2.05, 4.69) is 10.5 Å². The molecule has 0 aromatic heterocycles. The molecular formula is C9H7ClFN5O. The average Bonchev–Trinajstić information content (AvgIpc) is 2.25. The Labute approximate surface area is 101 Å². The highest BCUT2D eigenvalue weighted by molar-refractivity contribution is 6.45. The van der Waals surface area contributed by atoms with Gasteiger partial charge in [0.25, 0.3) is 0 Å². The third-order valence-electron chi connectivity index (χ3n) is 1.69. The van der Waals surface area contributed by atoms with E-state index < -0.39 is 11.7 Å². The van der Waals surface area contributed by atoms with Gasteiger partial charge in [-0.3, -0.25) is 10.8 Å². The van der Waals surface area contributed by atoms with Crippen molar-refractivity contribution >= 4 is 28.8 Å². The van der Waals surface area contributed by atoms with E-state index in [1.807, 2.05) is 0 Å². The van der Waals surface area contributed by atoms with Gasteiger partial charge in [-0.25, -0.2) is 4.39 Å². The molecule has 0 unspecified atom stereocenters. The van der Waals surface area contributed by atoms with Crippen LogP contribution in [0.1, 0.15) is 0 Å². The van der Waals surface area contributed by atoms with Gasteiger partial charge < -0.3 is 10.8 Å². The molecule has 0 saturated heterocycles. The first-order valence-corrected chi connectivity index (χ1v) is 4.59. The van der Waals surface area contributed by atoms with Gasteiger partial charge in [-0.2, -0.15) is 10.4 Å². The van der Waals surface area contributed by atoms with Crippen LogP contribution in [0.15, 0.2) is 17.2 Å². The summed E-state index contributed by atoms with van der Waals surface area (Å²) < 4.78 is 13.1. The Morgan fingerprint density at radius 3 is 2.82 bits per heavy atom. The zero-order valence-corrected chi connectivity index (χ0v) is 9.09. The number of benzene rings is 1. The minimum Gasteiger partial charge on any atom is -0.506 e. The van der Waals surface area contributed by atoms with E-state index in [4.69, 9.17) is 28.0 Å². The second-order valence-electron chi connectivity index (χ2n) is 2.88. The van der Waals surface area contributed by atoms with Crippen molar-refractivity contribution < 1.29 is 9.50 Å². The number of rotatable bonds is 3. The summed E-state index contributed by atoms with van der Waals surface area (Å²) in [5, 5.41) is 28.1. The number of nitrogens with zero attached hydrogens (tertiary/aromatic N) is 2. The van der Waals surface area contributed by atoms with Crippen LogP contribution in [0.3, 0.4) is 0 Å². The van der Waals surface area contributed by atoms with Crippen LogP contribution in [-0.4, -0.2) is 16.7 Å². The van der Waals surface area contributed by atoms with Crippen LogP contribution < -0.4 is 11.2 Å². The summed E-state index contributed by atoms with van der Waals surface area (Å²) in [5.74, 6) is -1.65. The van der Waals surface area contributed by atoms with Crippen LogP contribution in [-0.2, 0) is 0 Å². The Hall–Kier alpha value is -2.33. The van der Waals surface area contributed by atoms with Crippen LogP contribution in [0.2, 0.25) is 5.02 Å². The van der Waals surface area contributed by atoms with Crippen LogP contribution in [0.25, 0.3) is 0 Å². The molecule has 0 heterocycles. The highest BCUT2D eigenvalue weighted by atomic mass is 35.5. The van der Waals surface area contributed by atoms with Crippen molar-refractivity contribution in [3.05, 3.63) is 23.0 Å². The standard InChI is InChI=1S/C9H7ClFN5O/c10-4-1-8(17)6(2-5(4)11)15-16-7(3-12)9(13)14/h1-2,15,17H,(H3,13,14)/b16-7+. The number of amidine groups is 1. The monoisotopic (exact) mass is 255 g/mol. The molecule has 8 heteroatoms. The zero-order valence-electron chi connectivity index (χ0n) is 8.33. The Balaban J connectivity index is 3.01. The number of phenols is 1. The number of hydrogen-bond acceptors (Lipinski definition) is 5. The molecule has 1 rings (SSSR count). The fraction of sp³-hybridized carbons (Fsp3) is 0. The van der Waals surface area contributed by atoms with Crippen molar-refractivity contribution in [3.8, 4) is 11.8 Å². The number of nitrogens with two attached hydrogens (primary N) is 1. The third kappa shape index (κ3) is 3.06. The number of hydrazone groups is 1. The molecule has 0 bridgehead atoms. The molecule has 0 saturated carbocycles. The van der Waals surface area contributed by atoms with E-state index in [0.717, 1.165) is 12.1 Å². The first kappa shape index (κ1) is 12.7. The maximum absolute atomic E-state index is 13.1. The minimum absolute atomic E-state index is 0.0964. The van der Waals surface area contributed by atoms with Crippen molar-refractivity contribution in [1.29, 1.82) is 10.7 Å². The number of hydrogen-bond donors (Lipinski definition) is 4. The Morgan fingerprint density at radius 1 is 1.65 bits per heavy atom. The third-order valence-corrected chi connectivity index (χ3v) is 1.98. The molecule has 88 valence electrons. The molecule has 0 fully saturated rings. The van der Waals surface area contributed by atoms with Crippen LogP contribution >= 0.6 is 11.6 Å². The van der Waals surface area contributed by atoms with Crippen molar-refractivity contribution in [2.45, 2.75) is 0 Å². The summed E-state index contributed by atoms with van der Waals surface area (Å²) in [6, 6.07) is 3.43. The molecule has 0 radical (unpaired) electrons. The van der Waals surface area contributed by atoms with Gasteiger partial charge in [0, 0.05) is 12.1 Å². The molecule has 17 heavy (non-hydrogen) atoms. The largest absolute Gasteiger partial charge is 0.506 e. The van der Waals surface area contributed by atoms with Gasteiger partial charge in [-0.15, -0.1) is 0 Å². The van der Waals surface area contributed by atoms with E-state index >= 15 is 0 Å². The van der Waals surface area contributed by atoms with E-state index in [0.29, 0.717) is 0 Å². The fourth-order valence-corrected chi connectivity index (χ4v) is 1.05. The molecule has 0 amide bonds. The van der Waals surface area contributed by atoms with E-state index in [9.17, 15) is 9.50 Å². The summed E-state index contributed by atoms with van der Waals surface area (Å²) in [5.41, 5.74) is 6.76. The number of nitrogens with one attached hydrogen (secondary N) is 2. The maximum Gasteiger partial charge on any atom is 0.201 e. The molecule has 6 nitrogen and oxygen atoms in total. The predicted molar refractivity (Wildman–Crippen MR) is 61.7 cm³/mol. The number of phenolic OH excluding ortho intramolecular Hbond substituents is 1. The quantitative estimate of drug-likeness (QED) is 0.283. The lowest BCUT2D eigenvalue weighted by atomic mass is 10.3. The number of anilines is 1. The molecule has 5 N–H and O–H groups in total. The highest BCUT2D eigenvalue weighted by Crippen LogP contribution is 2.29. The molecule has 0 aliphatic rings. The van der Waals surface area contributed by atoms with Gasteiger partial charge in [0.1, 0.15) is 23.3 Å². The summed E-state index contributed by atoms with van der Waals surface area (Å²) in [6.07, 6.45) is 0. The number of nitriles is 1. The molecule has 1 aromatic rings. The van der Waals surface area contributed by atoms with Gasteiger partial charge in [0.15, 0.2) is 5.84 Å². The summed E-state index contributed by atoms with van der Waals surface area (Å²) in [4.78, 5) is 0. The van der Waals surface area contributed by atoms with Crippen molar-refractivity contribution in [2.75, 3.05) is 5.43 Å². The van der Waals surface area contributed by atoms with Crippen LogP contribution in [0, 0.1) is 22.6 Å². The van der Waals surface area contributed by atoms with Crippen molar-refractivity contribution in [3.63, 3.8) is 0 Å². The lowest BCUT2D eigenvalue weighted by molar-refractivity contribution is 0.475. The summed E-state index contributed by atoms with van der Waals surface area (Å²) in [6.45, 7) is 0. The van der Waals surface area contributed by atoms with E-state index in [-0.39, 0.29) is 22.2 Å². The number of halogens is 2. The second kappa shape index (κ2) is 5.14. The van der Waals surface area contributed by atoms with Crippen molar-refractivity contribution in [2.24, 2.45) is 10.8 Å². The van der Waals surface area contributed by atoms with E-state index in [1.54, 1.807) is 6.07 Å². The Bertz CT molecular complexity index is 537. The first-order chi connectivity index (χ1) is 7.95. The zero-order chi connectivity index (χ0) is 13.0. The molecule has 0 aliphatic carbocycles. The minimum atomic E-state index is -0.761. The smallest absolute Gasteiger partial charge is 0.201 e. The van der Waals surface area contributed by atoms with Crippen LogP contribution in [0.4, 0.5) is 10.1 Å². The molecular weight excluding hydrogens is 249 g/mol. The van der Waals surface area contributed by atoms with Gasteiger partial charge >= 0.3 is 0 Å². The maximum atomic E-state index is 13.1. The van der Waals surface area contributed by atoms with Crippen molar-refractivity contribution in [1.82, 2.24) is 0 Å². The second-order valence-corrected chi connectivity index (χ2v) is 3.29. The summed E-state index contributed by atoms with van der Waals surface area (Å²) >= 11 is 5.42. The SMILES string of the molecule is N#C/C(=N\Nc1cc(F)c(Cl)cc1O)C(=N)N. The van der Waals surface area contributed by atoms with Gasteiger partial charge in [0.05, 0.1) is 5.02 Å². The van der Waals surface area contributed by atoms with Gasteiger partial charge in [-0.1, -0.05) is 11.6 Å². The molecule has 0 aliphatic heterocycles. The van der Waals surface area contributed by atoms with Crippen LogP contribution in [0.5, 0.6) is 5.75 Å². The topological polar surface area (TPSA) is 118 Å². The molecule has 1 aromatic carbocycles. The molecule has 0 spiro atoms. The Kier molecular flexibility index (Phi) is 3.85. The van der Waals surface area contributed by atoms with Gasteiger partial charge in [-0.05, 0) is 0 Å². The predicted octanol–water partition coefficient (Wildman–Crippen LogP) is 1.41. The summed E-state index contributed by atoms with van der Waals surface area (Å²) in [7, 11) is 0. The first-order valence-electron chi connectivity index (χ1n) is 4.22. The van der Waals surface area contributed by atoms with E-state index in [1.165, 1.54) is 0 Å². The molecule has 0 atom stereocenters. The lowest BCUT2D eigenvalue weighted by Crippen LogP contribution is -2.21. The highest BCUT2D eigenvalue weighted by Gasteiger charge is 2.08.